The molecule has 1 unspecified atom stereocenters. The first-order valence-corrected chi connectivity index (χ1v) is 11.6. The van der Waals surface area contributed by atoms with E-state index in [0.29, 0.717) is 18.1 Å². The lowest BCUT2D eigenvalue weighted by molar-refractivity contribution is 0.0101. The summed E-state index contributed by atoms with van der Waals surface area (Å²) < 4.78 is 6.33. The zero-order valence-corrected chi connectivity index (χ0v) is 21.2. The first-order valence-electron chi connectivity index (χ1n) is 10.4. The zero-order chi connectivity index (χ0) is 23.2. The van der Waals surface area contributed by atoms with Crippen LogP contribution >= 0.6 is 27.5 Å². The Morgan fingerprint density at radius 3 is 2.52 bits per heavy atom. The van der Waals surface area contributed by atoms with Crippen LogP contribution in [0.1, 0.15) is 51.3 Å². The molecule has 5 nitrogen and oxygen atoms in total. The highest BCUT2D eigenvalue weighted by molar-refractivity contribution is 9.15. The van der Waals surface area contributed by atoms with Crippen molar-refractivity contribution in [2.45, 2.75) is 45.8 Å². The van der Waals surface area contributed by atoms with Crippen molar-refractivity contribution < 1.29 is 9.53 Å². The summed E-state index contributed by atoms with van der Waals surface area (Å²) in [5.41, 5.74) is 8.37. The van der Waals surface area contributed by atoms with Crippen molar-refractivity contribution in [3.63, 3.8) is 0 Å². The average Bonchev–Trinajstić information content (AvgIpc) is 2.69. The van der Waals surface area contributed by atoms with Gasteiger partial charge in [-0.3, -0.25) is 4.90 Å². The van der Waals surface area contributed by atoms with E-state index in [4.69, 9.17) is 22.1 Å². The van der Waals surface area contributed by atoms with Crippen molar-refractivity contribution in [3.05, 3.63) is 64.9 Å². The fraction of sp³-hybridized carbons (Fsp3) is 0.458. The zero-order valence-electron chi connectivity index (χ0n) is 18.8. The van der Waals surface area contributed by atoms with Crippen molar-refractivity contribution in [2.75, 3.05) is 26.2 Å². The van der Waals surface area contributed by atoms with E-state index in [-0.39, 0.29) is 12.1 Å². The second-order valence-electron chi connectivity index (χ2n) is 8.76. The molecule has 31 heavy (non-hydrogen) atoms. The molecule has 1 aromatic carbocycles. The summed E-state index contributed by atoms with van der Waals surface area (Å²) in [7, 11) is 0. The molecule has 0 saturated carbocycles. The second kappa shape index (κ2) is 11.2. The van der Waals surface area contributed by atoms with Crippen LogP contribution < -0.4 is 5.73 Å². The third kappa shape index (κ3) is 7.70. The molecule has 0 spiro atoms. The standard InChI is InChI=1S/C24H33BrClN3O2/c1-17(7-6-10-27)15-22(20-9-8-19(26)16-21(20)18(2)25)28-11-13-29(14-12-28)23(30)31-24(3,4)5/h6-10,16,22H,2,11-15,27H2,1,3-5H3/b10-6-,17-7-. The third-order valence-corrected chi connectivity index (χ3v) is 5.74. The van der Waals surface area contributed by atoms with E-state index in [9.17, 15) is 4.79 Å². The second-order valence-corrected chi connectivity index (χ2v) is 10.2. The number of hydrogen-bond donors (Lipinski definition) is 1. The Bertz CT molecular complexity index is 853. The van der Waals surface area contributed by atoms with Crippen LogP contribution in [0.15, 0.2) is 48.7 Å². The summed E-state index contributed by atoms with van der Waals surface area (Å²) in [6.07, 6.45) is 5.98. The third-order valence-electron chi connectivity index (χ3n) is 5.08. The van der Waals surface area contributed by atoms with Crippen molar-refractivity contribution in [2.24, 2.45) is 5.73 Å². The van der Waals surface area contributed by atoms with Gasteiger partial charge in [0, 0.05) is 41.7 Å². The van der Waals surface area contributed by atoms with Gasteiger partial charge in [0.2, 0.25) is 0 Å². The molecule has 1 amide bonds. The fourth-order valence-electron chi connectivity index (χ4n) is 3.63. The number of nitrogens with two attached hydrogens (primary N) is 1. The minimum atomic E-state index is -0.496. The van der Waals surface area contributed by atoms with E-state index in [1.807, 2.05) is 45.1 Å². The molecule has 1 saturated heterocycles. The summed E-state index contributed by atoms with van der Waals surface area (Å²) in [5, 5.41) is 0.672. The highest BCUT2D eigenvalue weighted by Gasteiger charge is 2.30. The molecule has 1 heterocycles. The molecule has 1 aliphatic heterocycles. The number of halogens is 2. The monoisotopic (exact) mass is 509 g/mol. The molecule has 1 aromatic rings. The van der Waals surface area contributed by atoms with Crippen LogP contribution in [0.4, 0.5) is 4.79 Å². The molecule has 170 valence electrons. The van der Waals surface area contributed by atoms with Gasteiger partial charge in [0.05, 0.1) is 0 Å². The predicted molar refractivity (Wildman–Crippen MR) is 133 cm³/mol. The van der Waals surface area contributed by atoms with Crippen molar-refractivity contribution in [3.8, 4) is 0 Å². The van der Waals surface area contributed by atoms with Crippen molar-refractivity contribution in [1.29, 1.82) is 0 Å². The molecule has 1 fully saturated rings. The lowest BCUT2D eigenvalue weighted by Crippen LogP contribution is -2.51. The van der Waals surface area contributed by atoms with Gasteiger partial charge in [0.1, 0.15) is 5.60 Å². The van der Waals surface area contributed by atoms with Gasteiger partial charge in [0.25, 0.3) is 0 Å². The van der Waals surface area contributed by atoms with Gasteiger partial charge in [-0.25, -0.2) is 4.79 Å². The maximum Gasteiger partial charge on any atom is 0.410 e. The number of allylic oxidation sites excluding steroid dienone is 2. The van der Waals surface area contributed by atoms with E-state index >= 15 is 0 Å². The highest BCUT2D eigenvalue weighted by atomic mass is 79.9. The molecular weight excluding hydrogens is 478 g/mol. The molecule has 0 aromatic heterocycles. The first kappa shape index (κ1) is 25.5. The lowest BCUT2D eigenvalue weighted by atomic mass is 9.93. The van der Waals surface area contributed by atoms with E-state index in [0.717, 1.165) is 35.1 Å². The Hall–Kier alpha value is -1.76. The van der Waals surface area contributed by atoms with Gasteiger partial charge in [0.15, 0.2) is 0 Å². The van der Waals surface area contributed by atoms with Gasteiger partial charge in [-0.15, -0.1) is 0 Å². The predicted octanol–water partition coefficient (Wildman–Crippen LogP) is 6.11. The molecule has 1 aliphatic rings. The number of nitrogens with zero attached hydrogens (tertiary/aromatic N) is 2. The van der Waals surface area contributed by atoms with Crippen LogP contribution in [0.2, 0.25) is 5.02 Å². The summed E-state index contributed by atoms with van der Waals surface area (Å²) in [6, 6.07) is 6.04. The Morgan fingerprint density at radius 1 is 1.32 bits per heavy atom. The average molecular weight is 511 g/mol. The van der Waals surface area contributed by atoms with Crippen LogP contribution in [-0.2, 0) is 4.74 Å². The summed E-state index contributed by atoms with van der Waals surface area (Å²) in [4.78, 5) is 16.7. The number of hydrogen-bond acceptors (Lipinski definition) is 4. The van der Waals surface area contributed by atoms with Gasteiger partial charge in [-0.05, 0) is 69.7 Å². The van der Waals surface area contributed by atoms with Crippen molar-refractivity contribution in [1.82, 2.24) is 9.80 Å². The maximum absolute atomic E-state index is 12.5. The quantitative estimate of drug-likeness (QED) is 0.469. The Morgan fingerprint density at radius 2 is 1.97 bits per heavy atom. The van der Waals surface area contributed by atoms with Crippen LogP contribution in [0.5, 0.6) is 0 Å². The van der Waals surface area contributed by atoms with Gasteiger partial charge < -0.3 is 15.4 Å². The van der Waals surface area contributed by atoms with Crippen LogP contribution in [0.25, 0.3) is 4.48 Å². The van der Waals surface area contributed by atoms with Crippen LogP contribution in [0.3, 0.4) is 0 Å². The molecule has 0 aliphatic carbocycles. The molecular formula is C24H33BrClN3O2. The minimum Gasteiger partial charge on any atom is -0.444 e. The molecule has 2 N–H and O–H groups in total. The number of carbonyl (C=O) groups is 1. The summed E-state index contributed by atoms with van der Waals surface area (Å²) >= 11 is 9.81. The largest absolute Gasteiger partial charge is 0.444 e. The van der Waals surface area contributed by atoms with Gasteiger partial charge in [-0.1, -0.05) is 51.8 Å². The topological polar surface area (TPSA) is 58.8 Å². The van der Waals surface area contributed by atoms with E-state index in [1.54, 1.807) is 4.90 Å². The number of carbonyl (C=O) groups excluding carboxylic acids is 1. The van der Waals surface area contributed by atoms with E-state index < -0.39 is 5.60 Å². The molecule has 0 radical (unpaired) electrons. The summed E-state index contributed by atoms with van der Waals surface area (Å²) in [6.45, 7) is 14.6. The number of ether oxygens (including phenoxy) is 1. The lowest BCUT2D eigenvalue weighted by Gasteiger charge is -2.40. The summed E-state index contributed by atoms with van der Waals surface area (Å²) in [5.74, 6) is 0. The fourth-order valence-corrected chi connectivity index (χ4v) is 4.14. The number of amides is 1. The van der Waals surface area contributed by atoms with E-state index in [1.165, 1.54) is 11.8 Å². The maximum atomic E-state index is 12.5. The first-order chi connectivity index (χ1) is 14.5. The van der Waals surface area contributed by atoms with Crippen LogP contribution in [-0.4, -0.2) is 47.7 Å². The number of rotatable bonds is 6. The van der Waals surface area contributed by atoms with Gasteiger partial charge in [-0.2, -0.15) is 0 Å². The molecule has 1 atom stereocenters. The Kier molecular flexibility index (Phi) is 9.22. The highest BCUT2D eigenvalue weighted by Crippen LogP contribution is 2.36. The minimum absolute atomic E-state index is 0.116. The number of benzene rings is 1. The van der Waals surface area contributed by atoms with E-state index in [2.05, 4.69) is 40.4 Å². The van der Waals surface area contributed by atoms with Gasteiger partial charge >= 0.3 is 6.09 Å². The van der Waals surface area contributed by atoms with Crippen molar-refractivity contribution >= 4 is 38.1 Å². The number of piperazine rings is 1. The SMILES string of the molecule is C=C(Br)c1cc(Cl)ccc1C(C/C(C)=C\C=C/N)N1CCN(C(=O)OC(C)(C)C)CC1. The smallest absolute Gasteiger partial charge is 0.410 e. The van der Waals surface area contributed by atoms with Crippen LogP contribution in [0, 0.1) is 0 Å². The Balaban J connectivity index is 2.27. The molecule has 0 bridgehead atoms. The normalized spacial score (nSPS) is 17.1. The Labute approximate surface area is 199 Å². The molecule has 7 heteroatoms. The molecule has 2 rings (SSSR count).